The summed E-state index contributed by atoms with van der Waals surface area (Å²) in [6.45, 7) is 3.68. The second-order valence-electron chi connectivity index (χ2n) is 4.35. The Bertz CT molecular complexity index is 377. The summed E-state index contributed by atoms with van der Waals surface area (Å²) in [6.07, 6.45) is 3.08. The van der Waals surface area contributed by atoms with E-state index in [9.17, 15) is 4.79 Å². The molecule has 0 aliphatic carbocycles. The Kier molecular flexibility index (Phi) is 6.07. The molecule has 1 aromatic heterocycles. The van der Waals surface area contributed by atoms with E-state index < -0.39 is 0 Å². The van der Waals surface area contributed by atoms with Crippen LogP contribution >= 0.6 is 12.4 Å². The Morgan fingerprint density at radius 3 is 3.06 bits per heavy atom. The number of carbonyl (C=O) groups is 1. The molecule has 1 aromatic rings. The lowest BCUT2D eigenvalue weighted by molar-refractivity contribution is -0.121. The molecule has 1 amide bonds. The van der Waals surface area contributed by atoms with Crippen molar-refractivity contribution in [3.05, 3.63) is 11.7 Å². The monoisotopic (exact) mass is 274 g/mol. The zero-order chi connectivity index (χ0) is 12.1. The van der Waals surface area contributed by atoms with Gasteiger partial charge in [0.05, 0.1) is 0 Å². The molecular formula is C11H19ClN4O2. The number of aromatic nitrogens is 2. The van der Waals surface area contributed by atoms with E-state index in [0.717, 1.165) is 25.9 Å². The van der Waals surface area contributed by atoms with E-state index in [-0.39, 0.29) is 24.4 Å². The number of piperidine rings is 1. The van der Waals surface area contributed by atoms with Crippen molar-refractivity contribution in [2.75, 3.05) is 13.1 Å². The third-order valence-corrected chi connectivity index (χ3v) is 2.80. The van der Waals surface area contributed by atoms with Gasteiger partial charge in [-0.1, -0.05) is 5.16 Å². The first-order valence-electron chi connectivity index (χ1n) is 6.03. The number of hydrogen-bond acceptors (Lipinski definition) is 5. The summed E-state index contributed by atoms with van der Waals surface area (Å²) in [5.74, 6) is 1.19. The van der Waals surface area contributed by atoms with Crippen molar-refractivity contribution in [1.29, 1.82) is 0 Å². The van der Waals surface area contributed by atoms with Gasteiger partial charge in [-0.25, -0.2) is 0 Å². The van der Waals surface area contributed by atoms with Crippen molar-refractivity contribution in [3.63, 3.8) is 0 Å². The summed E-state index contributed by atoms with van der Waals surface area (Å²) in [4.78, 5) is 15.7. The van der Waals surface area contributed by atoms with Gasteiger partial charge < -0.3 is 15.2 Å². The highest BCUT2D eigenvalue weighted by atomic mass is 35.5. The van der Waals surface area contributed by atoms with Crippen LogP contribution in [0.4, 0.5) is 0 Å². The fraction of sp³-hybridized carbons (Fsp3) is 0.727. The number of hydrogen-bond donors (Lipinski definition) is 2. The van der Waals surface area contributed by atoms with E-state index in [0.29, 0.717) is 24.6 Å². The molecule has 0 spiro atoms. The molecule has 1 saturated heterocycles. The molecule has 0 bridgehead atoms. The van der Waals surface area contributed by atoms with Crippen molar-refractivity contribution in [2.24, 2.45) is 0 Å². The number of rotatable bonds is 4. The SMILES string of the molecule is Cc1noc(CCC(=O)N[C@H]2CCCNC2)n1.Cl. The second-order valence-corrected chi connectivity index (χ2v) is 4.35. The third-order valence-electron chi connectivity index (χ3n) is 2.80. The minimum absolute atomic E-state index is 0. The van der Waals surface area contributed by atoms with Crippen LogP contribution in [0.5, 0.6) is 0 Å². The van der Waals surface area contributed by atoms with Crippen molar-refractivity contribution >= 4 is 18.3 Å². The first-order valence-corrected chi connectivity index (χ1v) is 6.03. The van der Waals surface area contributed by atoms with Crippen molar-refractivity contribution in [2.45, 2.75) is 38.6 Å². The smallest absolute Gasteiger partial charge is 0.227 e. The first-order chi connectivity index (χ1) is 8.24. The minimum atomic E-state index is 0. The molecule has 0 aromatic carbocycles. The van der Waals surface area contributed by atoms with E-state index in [4.69, 9.17) is 4.52 Å². The fourth-order valence-electron chi connectivity index (χ4n) is 1.94. The van der Waals surface area contributed by atoms with Gasteiger partial charge in [-0.15, -0.1) is 12.4 Å². The molecule has 2 heterocycles. The maximum Gasteiger partial charge on any atom is 0.227 e. The van der Waals surface area contributed by atoms with Crippen LogP contribution in [-0.4, -0.2) is 35.2 Å². The normalized spacial score (nSPS) is 19.1. The molecular weight excluding hydrogens is 256 g/mol. The number of nitrogens with one attached hydrogen (secondary N) is 2. The molecule has 7 heteroatoms. The Balaban J connectivity index is 0.00000162. The van der Waals surface area contributed by atoms with Gasteiger partial charge in [0.2, 0.25) is 11.8 Å². The summed E-state index contributed by atoms with van der Waals surface area (Å²) in [5.41, 5.74) is 0. The molecule has 1 fully saturated rings. The third kappa shape index (κ3) is 4.62. The van der Waals surface area contributed by atoms with Gasteiger partial charge in [0.25, 0.3) is 0 Å². The average Bonchev–Trinajstić information content (AvgIpc) is 2.74. The lowest BCUT2D eigenvalue weighted by atomic mass is 10.1. The molecule has 0 radical (unpaired) electrons. The highest BCUT2D eigenvalue weighted by molar-refractivity contribution is 5.85. The van der Waals surface area contributed by atoms with Crippen molar-refractivity contribution < 1.29 is 9.32 Å². The topological polar surface area (TPSA) is 80.0 Å². The van der Waals surface area contributed by atoms with Gasteiger partial charge in [-0.2, -0.15) is 4.98 Å². The molecule has 6 nitrogen and oxygen atoms in total. The van der Waals surface area contributed by atoms with E-state index in [1.54, 1.807) is 6.92 Å². The second kappa shape index (κ2) is 7.33. The molecule has 1 aliphatic rings. The quantitative estimate of drug-likeness (QED) is 0.840. The number of nitrogens with zero attached hydrogens (tertiary/aromatic N) is 2. The van der Waals surface area contributed by atoms with Gasteiger partial charge >= 0.3 is 0 Å². The lowest BCUT2D eigenvalue weighted by Gasteiger charge is -2.23. The Labute approximate surface area is 112 Å². The highest BCUT2D eigenvalue weighted by Gasteiger charge is 2.15. The van der Waals surface area contributed by atoms with E-state index in [2.05, 4.69) is 20.8 Å². The first kappa shape index (κ1) is 14.9. The van der Waals surface area contributed by atoms with Crippen LogP contribution in [0, 0.1) is 6.92 Å². The predicted molar refractivity (Wildman–Crippen MR) is 68.6 cm³/mol. The lowest BCUT2D eigenvalue weighted by Crippen LogP contribution is -2.45. The van der Waals surface area contributed by atoms with Crippen LogP contribution in [0.25, 0.3) is 0 Å². The number of carbonyl (C=O) groups excluding carboxylic acids is 1. The number of aryl methyl sites for hydroxylation is 2. The van der Waals surface area contributed by atoms with Gasteiger partial charge in [0.15, 0.2) is 5.82 Å². The van der Waals surface area contributed by atoms with Crippen molar-refractivity contribution in [3.8, 4) is 0 Å². The van der Waals surface area contributed by atoms with Gasteiger partial charge in [-0.05, 0) is 26.3 Å². The van der Waals surface area contributed by atoms with E-state index in [1.165, 1.54) is 0 Å². The van der Waals surface area contributed by atoms with Crippen LogP contribution in [0.1, 0.15) is 31.0 Å². The van der Waals surface area contributed by atoms with Crippen LogP contribution in [0.15, 0.2) is 4.52 Å². The van der Waals surface area contributed by atoms with E-state index in [1.807, 2.05) is 0 Å². The van der Waals surface area contributed by atoms with Crippen LogP contribution in [-0.2, 0) is 11.2 Å². The molecule has 2 rings (SSSR count). The molecule has 18 heavy (non-hydrogen) atoms. The zero-order valence-electron chi connectivity index (χ0n) is 10.4. The van der Waals surface area contributed by atoms with Gasteiger partial charge in [0, 0.05) is 25.4 Å². The Morgan fingerprint density at radius 2 is 2.44 bits per heavy atom. The predicted octanol–water partition coefficient (Wildman–Crippen LogP) is 0.601. The zero-order valence-corrected chi connectivity index (χ0v) is 11.3. The summed E-state index contributed by atoms with van der Waals surface area (Å²) >= 11 is 0. The van der Waals surface area contributed by atoms with Crippen LogP contribution in [0.3, 0.4) is 0 Å². The summed E-state index contributed by atoms with van der Waals surface area (Å²) in [5, 5.41) is 9.95. The standard InChI is InChI=1S/C11H18N4O2.ClH/c1-8-13-11(17-15-8)5-4-10(16)14-9-3-2-6-12-7-9;/h9,12H,2-7H2,1H3,(H,14,16);1H/t9-;/m0./s1. The molecule has 0 unspecified atom stereocenters. The van der Waals surface area contributed by atoms with Crippen LogP contribution < -0.4 is 10.6 Å². The molecule has 1 aliphatic heterocycles. The summed E-state index contributed by atoms with van der Waals surface area (Å²) < 4.78 is 4.95. The molecule has 1 atom stereocenters. The van der Waals surface area contributed by atoms with Gasteiger partial charge in [-0.3, -0.25) is 4.79 Å². The maximum absolute atomic E-state index is 11.7. The minimum Gasteiger partial charge on any atom is -0.352 e. The van der Waals surface area contributed by atoms with Gasteiger partial charge in [0.1, 0.15) is 0 Å². The van der Waals surface area contributed by atoms with E-state index >= 15 is 0 Å². The Morgan fingerprint density at radius 1 is 1.61 bits per heavy atom. The average molecular weight is 275 g/mol. The molecule has 2 N–H and O–H groups in total. The van der Waals surface area contributed by atoms with Crippen LogP contribution in [0.2, 0.25) is 0 Å². The maximum atomic E-state index is 11.7. The summed E-state index contributed by atoms with van der Waals surface area (Å²) in [7, 11) is 0. The molecule has 102 valence electrons. The van der Waals surface area contributed by atoms with Crippen molar-refractivity contribution in [1.82, 2.24) is 20.8 Å². The molecule has 0 saturated carbocycles. The fourth-order valence-corrected chi connectivity index (χ4v) is 1.94. The number of halogens is 1. The Hall–Kier alpha value is -1.14. The number of amides is 1. The summed E-state index contributed by atoms with van der Waals surface area (Å²) in [6, 6.07) is 0.265. The highest BCUT2D eigenvalue weighted by Crippen LogP contribution is 2.03. The largest absolute Gasteiger partial charge is 0.352 e.